The van der Waals surface area contributed by atoms with Crippen LogP contribution < -0.4 is 10.3 Å². The maximum absolute atomic E-state index is 13.9. The van der Waals surface area contributed by atoms with E-state index in [4.69, 9.17) is 32.7 Å². The Bertz CT molecular complexity index is 1160. The molecule has 33 heavy (non-hydrogen) atoms. The fraction of sp³-hybridized carbons (Fsp3) is 0.615. The summed E-state index contributed by atoms with van der Waals surface area (Å²) in [6, 6.07) is 3.18. The minimum Gasteiger partial charge on any atom is -0.494 e. The summed E-state index contributed by atoms with van der Waals surface area (Å²) in [4.78, 5) is 27.3. The number of hydrogen-bond donors (Lipinski definition) is 0. The van der Waals surface area contributed by atoms with Crippen molar-refractivity contribution in [1.29, 1.82) is 0 Å². The van der Waals surface area contributed by atoms with E-state index >= 15 is 0 Å². The van der Waals surface area contributed by atoms with Gasteiger partial charge in [-0.25, -0.2) is 4.79 Å². The van der Waals surface area contributed by atoms with Gasteiger partial charge < -0.3 is 9.47 Å². The molecule has 1 aromatic heterocycles. The maximum atomic E-state index is 13.9. The number of esters is 1. The average molecular weight is 492 g/mol. The van der Waals surface area contributed by atoms with Gasteiger partial charge in [-0.2, -0.15) is 0 Å². The van der Waals surface area contributed by atoms with E-state index in [0.717, 1.165) is 37.0 Å². The van der Waals surface area contributed by atoms with E-state index in [0.29, 0.717) is 33.1 Å². The second-order valence-electron chi connectivity index (χ2n) is 11.5. The van der Waals surface area contributed by atoms with Crippen molar-refractivity contribution in [3.63, 3.8) is 0 Å². The number of rotatable bonds is 4. The van der Waals surface area contributed by atoms with Crippen molar-refractivity contribution in [2.45, 2.75) is 71.4 Å². The van der Waals surface area contributed by atoms with Crippen LogP contribution in [0.3, 0.4) is 0 Å². The lowest BCUT2D eigenvalue weighted by molar-refractivity contribution is -0.0629. The first kappa shape index (κ1) is 23.0. The van der Waals surface area contributed by atoms with E-state index in [-0.39, 0.29) is 16.7 Å². The first-order valence-corrected chi connectivity index (χ1v) is 12.6. The van der Waals surface area contributed by atoms with Crippen molar-refractivity contribution in [2.24, 2.45) is 23.2 Å². The largest absolute Gasteiger partial charge is 0.494 e. The van der Waals surface area contributed by atoms with Gasteiger partial charge in [0.1, 0.15) is 5.60 Å². The first-order chi connectivity index (χ1) is 15.5. The van der Waals surface area contributed by atoms with Crippen LogP contribution in [0.4, 0.5) is 0 Å². The number of nitrogens with zero attached hydrogens (tertiary/aromatic N) is 1. The third-order valence-electron chi connectivity index (χ3n) is 7.72. The second kappa shape index (κ2) is 7.91. The number of ether oxygens (including phenoxy) is 2. The Hall–Kier alpha value is -1.72. The molecule has 7 heteroatoms. The van der Waals surface area contributed by atoms with Gasteiger partial charge in [0.05, 0.1) is 22.5 Å². The van der Waals surface area contributed by atoms with Crippen LogP contribution in [0.5, 0.6) is 5.75 Å². The van der Waals surface area contributed by atoms with Crippen molar-refractivity contribution in [2.75, 3.05) is 7.11 Å². The topological polar surface area (TPSA) is 57.5 Å². The summed E-state index contributed by atoms with van der Waals surface area (Å²) in [6.07, 6.45) is 7.26. The minimum absolute atomic E-state index is 0.0320. The molecular weight excluding hydrogens is 461 g/mol. The van der Waals surface area contributed by atoms with Gasteiger partial charge in [0.25, 0.3) is 5.56 Å². The van der Waals surface area contributed by atoms with Crippen LogP contribution in [0.1, 0.15) is 69.8 Å². The molecule has 0 unspecified atom stereocenters. The zero-order valence-electron chi connectivity index (χ0n) is 19.7. The molecule has 178 valence electrons. The molecule has 5 nitrogen and oxygen atoms in total. The molecule has 0 aliphatic heterocycles. The standard InChI is InChI=1S/C26H31Cl2NO4/c1-25(2,3)33-24(31)21-22(32-4)17-8-19(27)20(28)9-18(17)23(30)29(21)13-26-10-14-5-15(11-26)7-16(6-14)12-26/h8-9,14-16H,5-7,10-13H2,1-4H3. The summed E-state index contributed by atoms with van der Waals surface area (Å²) in [6.45, 7) is 5.94. The Morgan fingerprint density at radius 1 is 1.03 bits per heavy atom. The number of carbonyl (C=O) groups is 1. The average Bonchev–Trinajstić information content (AvgIpc) is 2.69. The number of pyridine rings is 1. The Balaban J connectivity index is 1.71. The van der Waals surface area contributed by atoms with Crippen LogP contribution >= 0.6 is 23.2 Å². The van der Waals surface area contributed by atoms with Crippen LogP contribution in [0.15, 0.2) is 16.9 Å². The van der Waals surface area contributed by atoms with Crippen molar-refractivity contribution in [3.8, 4) is 5.75 Å². The third kappa shape index (κ3) is 4.05. The number of benzene rings is 1. The number of hydrogen-bond acceptors (Lipinski definition) is 4. The van der Waals surface area contributed by atoms with Gasteiger partial charge in [-0.15, -0.1) is 0 Å². The van der Waals surface area contributed by atoms with Crippen molar-refractivity contribution < 1.29 is 14.3 Å². The molecule has 0 atom stereocenters. The van der Waals surface area contributed by atoms with Crippen molar-refractivity contribution in [3.05, 3.63) is 38.2 Å². The molecule has 4 fully saturated rings. The van der Waals surface area contributed by atoms with Gasteiger partial charge in [0, 0.05) is 11.9 Å². The summed E-state index contributed by atoms with van der Waals surface area (Å²) < 4.78 is 13.1. The van der Waals surface area contributed by atoms with E-state index in [2.05, 4.69) is 0 Å². The van der Waals surface area contributed by atoms with E-state index in [9.17, 15) is 9.59 Å². The van der Waals surface area contributed by atoms with Gasteiger partial charge in [0.15, 0.2) is 11.4 Å². The van der Waals surface area contributed by atoms with Gasteiger partial charge >= 0.3 is 5.97 Å². The molecule has 4 aliphatic carbocycles. The Morgan fingerprint density at radius 3 is 2.03 bits per heavy atom. The number of methoxy groups -OCH3 is 1. The number of fused-ring (bicyclic) bond motifs is 1. The fourth-order valence-corrected chi connectivity index (χ4v) is 7.44. The summed E-state index contributed by atoms with van der Waals surface area (Å²) in [5.41, 5.74) is -0.763. The van der Waals surface area contributed by atoms with Crippen molar-refractivity contribution in [1.82, 2.24) is 4.57 Å². The zero-order chi connectivity index (χ0) is 23.7. The van der Waals surface area contributed by atoms with Crippen LogP contribution in [-0.2, 0) is 11.3 Å². The van der Waals surface area contributed by atoms with E-state index in [1.807, 2.05) is 20.8 Å². The van der Waals surface area contributed by atoms with Gasteiger partial charge in [0.2, 0.25) is 0 Å². The maximum Gasteiger partial charge on any atom is 0.359 e. The summed E-state index contributed by atoms with van der Waals surface area (Å²) in [7, 11) is 1.50. The summed E-state index contributed by atoms with van der Waals surface area (Å²) in [5, 5.41) is 1.48. The summed E-state index contributed by atoms with van der Waals surface area (Å²) >= 11 is 12.6. The highest BCUT2D eigenvalue weighted by Crippen LogP contribution is 2.60. The zero-order valence-corrected chi connectivity index (χ0v) is 21.2. The summed E-state index contributed by atoms with van der Waals surface area (Å²) in [5.74, 6) is 1.93. The second-order valence-corrected chi connectivity index (χ2v) is 12.3. The molecule has 1 aromatic carbocycles. The number of aromatic nitrogens is 1. The SMILES string of the molecule is COc1c(C(=O)OC(C)(C)C)n(CC23CC4CC(CC(C4)C2)C3)c(=O)c2cc(Cl)c(Cl)cc12. The third-order valence-corrected chi connectivity index (χ3v) is 8.44. The molecule has 0 N–H and O–H groups in total. The lowest BCUT2D eigenvalue weighted by Gasteiger charge is -2.57. The lowest BCUT2D eigenvalue weighted by Crippen LogP contribution is -2.49. The smallest absolute Gasteiger partial charge is 0.359 e. The quantitative estimate of drug-likeness (QED) is 0.458. The number of halogens is 2. The van der Waals surface area contributed by atoms with E-state index in [1.54, 1.807) is 16.7 Å². The first-order valence-electron chi connectivity index (χ1n) is 11.8. The normalized spacial score (nSPS) is 28.4. The van der Waals surface area contributed by atoms with E-state index in [1.165, 1.54) is 26.4 Å². The highest BCUT2D eigenvalue weighted by atomic mass is 35.5. The lowest BCUT2D eigenvalue weighted by atomic mass is 9.49. The number of carbonyl (C=O) groups excluding carboxylic acids is 1. The fourth-order valence-electron chi connectivity index (χ4n) is 7.11. The monoisotopic (exact) mass is 491 g/mol. The molecule has 1 heterocycles. The highest BCUT2D eigenvalue weighted by Gasteiger charge is 2.51. The highest BCUT2D eigenvalue weighted by molar-refractivity contribution is 6.42. The molecule has 0 radical (unpaired) electrons. The predicted molar refractivity (Wildman–Crippen MR) is 131 cm³/mol. The molecule has 2 aromatic rings. The molecule has 6 rings (SSSR count). The molecule has 4 aliphatic rings. The van der Waals surface area contributed by atoms with Crippen LogP contribution in [-0.4, -0.2) is 23.2 Å². The molecule has 0 amide bonds. The van der Waals surface area contributed by atoms with Crippen molar-refractivity contribution >= 4 is 39.9 Å². The molecule has 4 bridgehead atoms. The molecule has 0 saturated heterocycles. The van der Waals surface area contributed by atoms with Gasteiger partial charge in [-0.05, 0) is 94.6 Å². The Kier molecular flexibility index (Phi) is 5.52. The predicted octanol–water partition coefficient (Wildman–Crippen LogP) is 6.49. The van der Waals surface area contributed by atoms with Crippen LogP contribution in [0.2, 0.25) is 10.0 Å². The van der Waals surface area contributed by atoms with Gasteiger partial charge in [-0.1, -0.05) is 23.2 Å². The Morgan fingerprint density at radius 2 is 1.55 bits per heavy atom. The minimum atomic E-state index is -0.712. The van der Waals surface area contributed by atoms with Crippen LogP contribution in [0, 0.1) is 23.2 Å². The van der Waals surface area contributed by atoms with E-state index < -0.39 is 11.6 Å². The molecule has 4 saturated carbocycles. The van der Waals surface area contributed by atoms with Gasteiger partial charge in [-0.3, -0.25) is 9.36 Å². The molecule has 0 spiro atoms. The van der Waals surface area contributed by atoms with Crippen LogP contribution in [0.25, 0.3) is 10.8 Å². The molecular formula is C26H31Cl2NO4. The Labute approximate surface area is 204 Å².